The number of fused-ring (bicyclic) bond motifs is 1. The second-order valence-electron chi connectivity index (χ2n) is 3.74. The zero-order valence-corrected chi connectivity index (χ0v) is 10.3. The molecule has 0 saturated heterocycles. The van der Waals surface area contributed by atoms with E-state index < -0.39 is 11.9 Å². The summed E-state index contributed by atoms with van der Waals surface area (Å²) in [6.45, 7) is 0. The highest BCUT2D eigenvalue weighted by molar-refractivity contribution is 6.06. The summed E-state index contributed by atoms with van der Waals surface area (Å²) >= 11 is 0. The Bertz CT molecular complexity index is 665. The lowest BCUT2D eigenvalue weighted by Gasteiger charge is -2.07. The van der Waals surface area contributed by atoms with Crippen LogP contribution < -0.4 is 0 Å². The number of phenols is 1. The Morgan fingerprint density at radius 2 is 1.79 bits per heavy atom. The maximum absolute atomic E-state index is 11.7. The van der Waals surface area contributed by atoms with Crippen molar-refractivity contribution in [2.45, 2.75) is 0 Å². The first-order valence-corrected chi connectivity index (χ1v) is 5.37. The highest BCUT2D eigenvalue weighted by Crippen LogP contribution is 2.23. The topological polar surface area (TPSA) is 85.7 Å². The van der Waals surface area contributed by atoms with Crippen LogP contribution in [-0.2, 0) is 9.47 Å². The summed E-state index contributed by atoms with van der Waals surface area (Å²) in [4.78, 5) is 27.3. The van der Waals surface area contributed by atoms with Crippen LogP contribution in [0, 0.1) is 0 Å². The summed E-state index contributed by atoms with van der Waals surface area (Å²) in [5.41, 5.74) is 0.470. The predicted molar refractivity (Wildman–Crippen MR) is 66.1 cm³/mol. The molecule has 0 aliphatic heterocycles. The van der Waals surface area contributed by atoms with E-state index >= 15 is 0 Å². The summed E-state index contributed by atoms with van der Waals surface area (Å²) in [5.74, 6) is -1.28. The molecule has 1 heterocycles. The second kappa shape index (κ2) is 4.93. The van der Waals surface area contributed by atoms with Crippen LogP contribution in [0.3, 0.4) is 0 Å². The Labute approximate surface area is 108 Å². The van der Waals surface area contributed by atoms with E-state index in [9.17, 15) is 14.7 Å². The molecule has 19 heavy (non-hydrogen) atoms. The number of pyridine rings is 1. The first-order valence-electron chi connectivity index (χ1n) is 5.37. The van der Waals surface area contributed by atoms with Crippen molar-refractivity contribution in [3.8, 4) is 5.75 Å². The lowest BCUT2D eigenvalue weighted by Crippen LogP contribution is -2.09. The average Bonchev–Trinajstić information content (AvgIpc) is 2.43. The zero-order valence-electron chi connectivity index (χ0n) is 10.3. The van der Waals surface area contributed by atoms with Crippen LogP contribution in [-0.4, -0.2) is 36.2 Å². The highest BCUT2D eigenvalue weighted by Gasteiger charge is 2.17. The van der Waals surface area contributed by atoms with Gasteiger partial charge in [0.05, 0.1) is 25.3 Å². The van der Waals surface area contributed by atoms with Gasteiger partial charge in [-0.05, 0) is 18.2 Å². The van der Waals surface area contributed by atoms with Crippen molar-refractivity contribution >= 4 is 22.8 Å². The minimum Gasteiger partial charge on any atom is -0.508 e. The first-order chi connectivity index (χ1) is 9.06. The van der Waals surface area contributed by atoms with E-state index in [0.29, 0.717) is 10.9 Å². The van der Waals surface area contributed by atoms with Gasteiger partial charge in [0.1, 0.15) is 11.4 Å². The first kappa shape index (κ1) is 12.8. The fraction of sp³-hybridized carbons (Fsp3) is 0.154. The minimum atomic E-state index is -0.671. The van der Waals surface area contributed by atoms with Crippen LogP contribution in [0.2, 0.25) is 0 Å². The minimum absolute atomic E-state index is 0.0159. The van der Waals surface area contributed by atoms with Gasteiger partial charge in [-0.2, -0.15) is 0 Å². The van der Waals surface area contributed by atoms with Gasteiger partial charge in [0.2, 0.25) is 0 Å². The molecule has 6 nitrogen and oxygen atoms in total. The number of aromatic nitrogens is 1. The number of methoxy groups -OCH3 is 2. The van der Waals surface area contributed by atoms with Gasteiger partial charge >= 0.3 is 11.9 Å². The molecule has 0 aliphatic carbocycles. The molecule has 0 radical (unpaired) electrons. The molecule has 1 N–H and O–H groups in total. The predicted octanol–water partition coefficient (Wildman–Crippen LogP) is 1.51. The standard InChI is InChI=1S/C13H11NO5/c1-18-12(16)9-6-11(13(17)19-2)14-10-5-7(15)3-4-8(9)10/h3-6,15H,1-2H3. The van der Waals surface area contributed by atoms with Crippen LogP contribution >= 0.6 is 0 Å². The monoisotopic (exact) mass is 261 g/mol. The maximum Gasteiger partial charge on any atom is 0.356 e. The Kier molecular flexibility index (Phi) is 3.33. The third kappa shape index (κ3) is 2.33. The summed E-state index contributed by atoms with van der Waals surface area (Å²) < 4.78 is 9.23. The van der Waals surface area contributed by atoms with Crippen LogP contribution in [0.4, 0.5) is 0 Å². The number of esters is 2. The van der Waals surface area contributed by atoms with Crippen LogP contribution in [0.5, 0.6) is 5.75 Å². The lowest BCUT2D eigenvalue weighted by molar-refractivity contribution is 0.0594. The highest BCUT2D eigenvalue weighted by atomic mass is 16.5. The van der Waals surface area contributed by atoms with Crippen LogP contribution in [0.1, 0.15) is 20.8 Å². The Hall–Kier alpha value is -2.63. The van der Waals surface area contributed by atoms with Crippen molar-refractivity contribution in [2.24, 2.45) is 0 Å². The van der Waals surface area contributed by atoms with Gasteiger partial charge < -0.3 is 14.6 Å². The molecule has 1 aromatic heterocycles. The Morgan fingerprint density at radius 1 is 1.11 bits per heavy atom. The quantitative estimate of drug-likeness (QED) is 0.825. The summed E-state index contributed by atoms with van der Waals surface area (Å²) in [6, 6.07) is 5.62. The van der Waals surface area contributed by atoms with Gasteiger partial charge in [-0.3, -0.25) is 0 Å². The van der Waals surface area contributed by atoms with Crippen molar-refractivity contribution in [3.63, 3.8) is 0 Å². The number of aromatic hydroxyl groups is 1. The number of hydrogen-bond donors (Lipinski definition) is 1. The average molecular weight is 261 g/mol. The SMILES string of the molecule is COC(=O)c1cc(C(=O)OC)c2ccc(O)cc2n1. The summed E-state index contributed by atoms with van der Waals surface area (Å²) in [7, 11) is 2.46. The van der Waals surface area contributed by atoms with Gasteiger partial charge in [-0.15, -0.1) is 0 Å². The van der Waals surface area contributed by atoms with Gasteiger partial charge in [-0.25, -0.2) is 14.6 Å². The molecule has 6 heteroatoms. The molecule has 0 spiro atoms. The largest absolute Gasteiger partial charge is 0.508 e. The van der Waals surface area contributed by atoms with E-state index in [1.165, 1.54) is 38.5 Å². The molecular formula is C13H11NO5. The number of nitrogens with zero attached hydrogens (tertiary/aromatic N) is 1. The van der Waals surface area contributed by atoms with Gasteiger partial charge in [0.15, 0.2) is 0 Å². The van der Waals surface area contributed by atoms with Crippen LogP contribution in [0.15, 0.2) is 24.3 Å². The molecule has 0 atom stereocenters. The van der Waals surface area contributed by atoms with Crippen molar-refractivity contribution in [2.75, 3.05) is 14.2 Å². The lowest BCUT2D eigenvalue weighted by atomic mass is 10.1. The molecule has 98 valence electrons. The molecule has 0 saturated carbocycles. The van der Waals surface area contributed by atoms with Gasteiger partial charge in [0.25, 0.3) is 0 Å². The third-order valence-electron chi connectivity index (χ3n) is 2.59. The molecular weight excluding hydrogens is 250 g/mol. The van der Waals surface area contributed by atoms with E-state index in [1.54, 1.807) is 0 Å². The van der Waals surface area contributed by atoms with E-state index in [4.69, 9.17) is 0 Å². The molecule has 2 aromatic rings. The van der Waals surface area contributed by atoms with Crippen molar-refractivity contribution in [1.29, 1.82) is 0 Å². The third-order valence-corrected chi connectivity index (χ3v) is 2.59. The van der Waals surface area contributed by atoms with Gasteiger partial charge in [-0.1, -0.05) is 0 Å². The number of benzene rings is 1. The second-order valence-corrected chi connectivity index (χ2v) is 3.74. The van der Waals surface area contributed by atoms with E-state index in [2.05, 4.69) is 14.5 Å². The molecule has 1 aromatic carbocycles. The maximum atomic E-state index is 11.7. The molecule has 0 fully saturated rings. The number of carbonyl (C=O) groups excluding carboxylic acids is 2. The fourth-order valence-corrected chi connectivity index (χ4v) is 1.70. The number of ether oxygens (including phenoxy) is 2. The van der Waals surface area contributed by atoms with Crippen molar-refractivity contribution in [1.82, 2.24) is 4.98 Å². The molecule has 0 bridgehead atoms. The van der Waals surface area contributed by atoms with Crippen LogP contribution in [0.25, 0.3) is 10.9 Å². The normalized spacial score (nSPS) is 10.2. The number of carbonyl (C=O) groups is 2. The summed E-state index contributed by atoms with van der Waals surface area (Å²) in [6.07, 6.45) is 0. The van der Waals surface area contributed by atoms with E-state index in [1.807, 2.05) is 0 Å². The Balaban J connectivity index is 2.76. The Morgan fingerprint density at radius 3 is 2.42 bits per heavy atom. The summed E-state index contributed by atoms with van der Waals surface area (Å²) in [5, 5.41) is 9.91. The van der Waals surface area contributed by atoms with Gasteiger partial charge in [0, 0.05) is 11.5 Å². The zero-order chi connectivity index (χ0) is 14.0. The van der Waals surface area contributed by atoms with Crippen molar-refractivity contribution in [3.05, 3.63) is 35.5 Å². The van der Waals surface area contributed by atoms with E-state index in [0.717, 1.165) is 0 Å². The van der Waals surface area contributed by atoms with Crippen molar-refractivity contribution < 1.29 is 24.2 Å². The fourth-order valence-electron chi connectivity index (χ4n) is 1.70. The molecule has 2 rings (SSSR count). The number of phenolic OH excluding ortho intramolecular Hbond substituents is 1. The molecule has 0 unspecified atom stereocenters. The number of hydrogen-bond acceptors (Lipinski definition) is 6. The number of rotatable bonds is 2. The van der Waals surface area contributed by atoms with E-state index in [-0.39, 0.29) is 17.0 Å². The molecule has 0 amide bonds. The molecule has 0 aliphatic rings. The smallest absolute Gasteiger partial charge is 0.356 e.